The lowest BCUT2D eigenvalue weighted by Crippen LogP contribution is -2.07. The van der Waals surface area contributed by atoms with E-state index in [1.54, 1.807) is 12.1 Å². The zero-order valence-electron chi connectivity index (χ0n) is 11.8. The van der Waals surface area contributed by atoms with Gasteiger partial charge in [-0.15, -0.1) is 0 Å². The third kappa shape index (κ3) is 2.91. The Labute approximate surface area is 122 Å². The molecule has 0 saturated carbocycles. The molecule has 2 rings (SSSR count). The van der Waals surface area contributed by atoms with Gasteiger partial charge >= 0.3 is 0 Å². The minimum atomic E-state index is -0.335. The zero-order chi connectivity index (χ0) is 15.6. The molecular formula is C16H16O5. The second kappa shape index (κ2) is 5.75. The molecule has 0 amide bonds. The summed E-state index contributed by atoms with van der Waals surface area (Å²) in [4.78, 5) is 12.4. The van der Waals surface area contributed by atoms with E-state index < -0.39 is 0 Å². The zero-order valence-corrected chi connectivity index (χ0v) is 11.8. The fourth-order valence-electron chi connectivity index (χ4n) is 2.05. The van der Waals surface area contributed by atoms with E-state index in [0.29, 0.717) is 5.56 Å². The third-order valence-corrected chi connectivity index (χ3v) is 3.29. The number of carbonyl (C=O) groups excluding carboxylic acids is 1. The van der Waals surface area contributed by atoms with Gasteiger partial charge in [-0.05, 0) is 24.6 Å². The van der Waals surface area contributed by atoms with Crippen LogP contribution in [0.1, 0.15) is 21.5 Å². The van der Waals surface area contributed by atoms with Crippen molar-refractivity contribution in [3.05, 3.63) is 47.0 Å². The summed E-state index contributed by atoms with van der Waals surface area (Å²) < 4.78 is 5.06. The van der Waals surface area contributed by atoms with Crippen LogP contribution in [0.25, 0.3) is 0 Å². The van der Waals surface area contributed by atoms with Crippen molar-refractivity contribution in [3.63, 3.8) is 0 Å². The molecule has 0 bridgehead atoms. The largest absolute Gasteiger partial charge is 0.508 e. The molecule has 0 radical (unpaired) electrons. The summed E-state index contributed by atoms with van der Waals surface area (Å²) >= 11 is 0. The maximum atomic E-state index is 12.4. The van der Waals surface area contributed by atoms with E-state index in [2.05, 4.69) is 0 Å². The molecule has 0 atom stereocenters. The highest BCUT2D eigenvalue weighted by Crippen LogP contribution is 2.37. The summed E-state index contributed by atoms with van der Waals surface area (Å²) in [6, 6.07) is 7.54. The number of Topliss-reactive ketones (excluding diaryl/α,β-unsaturated/α-hetero) is 1. The first kappa shape index (κ1) is 14.7. The number of phenols is 3. The number of phenolic OH excluding ortho intramolecular Hbond substituents is 3. The van der Waals surface area contributed by atoms with Crippen molar-refractivity contribution >= 4 is 5.78 Å². The number of benzene rings is 2. The van der Waals surface area contributed by atoms with Crippen LogP contribution >= 0.6 is 0 Å². The number of ketones is 1. The van der Waals surface area contributed by atoms with Crippen LogP contribution in [-0.4, -0.2) is 28.2 Å². The molecule has 0 aromatic heterocycles. The lowest BCUT2D eigenvalue weighted by Gasteiger charge is -2.13. The van der Waals surface area contributed by atoms with Crippen molar-refractivity contribution in [3.8, 4) is 23.0 Å². The summed E-state index contributed by atoms with van der Waals surface area (Å²) in [5.41, 5.74) is 0.968. The minimum absolute atomic E-state index is 0.0425. The lowest BCUT2D eigenvalue weighted by molar-refractivity contribution is 0.0987. The molecule has 2 aromatic carbocycles. The average Bonchev–Trinajstić information content (AvgIpc) is 2.46. The number of hydrogen-bond acceptors (Lipinski definition) is 5. The first-order valence-corrected chi connectivity index (χ1v) is 6.34. The minimum Gasteiger partial charge on any atom is -0.508 e. The van der Waals surface area contributed by atoms with Gasteiger partial charge in [0.25, 0.3) is 0 Å². The van der Waals surface area contributed by atoms with Gasteiger partial charge < -0.3 is 20.1 Å². The molecule has 0 aliphatic carbocycles. The van der Waals surface area contributed by atoms with Gasteiger partial charge in [-0.3, -0.25) is 4.79 Å². The molecule has 3 N–H and O–H groups in total. The van der Waals surface area contributed by atoms with Crippen molar-refractivity contribution in [1.29, 1.82) is 0 Å². The number of rotatable bonds is 4. The maximum Gasteiger partial charge on any atom is 0.174 e. The molecule has 21 heavy (non-hydrogen) atoms. The summed E-state index contributed by atoms with van der Waals surface area (Å²) in [7, 11) is 1.36. The van der Waals surface area contributed by atoms with E-state index in [4.69, 9.17) is 4.74 Å². The molecule has 110 valence electrons. The molecule has 0 heterocycles. The predicted molar refractivity (Wildman–Crippen MR) is 77.2 cm³/mol. The lowest BCUT2D eigenvalue weighted by atomic mass is 9.98. The number of hydrogen-bond donors (Lipinski definition) is 3. The van der Waals surface area contributed by atoms with Gasteiger partial charge in [0.1, 0.15) is 28.6 Å². The first-order chi connectivity index (χ1) is 9.93. The van der Waals surface area contributed by atoms with Crippen LogP contribution in [0.15, 0.2) is 30.3 Å². The molecule has 0 spiro atoms. The smallest absolute Gasteiger partial charge is 0.174 e. The highest BCUT2D eigenvalue weighted by Gasteiger charge is 2.21. The molecule has 0 unspecified atom stereocenters. The van der Waals surface area contributed by atoms with Crippen LogP contribution < -0.4 is 4.74 Å². The molecular weight excluding hydrogens is 272 g/mol. The van der Waals surface area contributed by atoms with E-state index in [9.17, 15) is 20.1 Å². The van der Waals surface area contributed by atoms with Gasteiger partial charge in [-0.1, -0.05) is 12.1 Å². The van der Waals surface area contributed by atoms with Gasteiger partial charge in [-0.25, -0.2) is 0 Å². The van der Waals surface area contributed by atoms with Gasteiger partial charge in [0, 0.05) is 18.1 Å². The van der Waals surface area contributed by atoms with E-state index in [1.807, 2.05) is 0 Å². The quantitative estimate of drug-likeness (QED) is 0.753. The molecule has 5 nitrogen and oxygen atoms in total. The number of carbonyl (C=O) groups is 1. The first-order valence-electron chi connectivity index (χ1n) is 6.34. The standard InChI is InChI=1S/C16H16O5/c1-9-12(18)8-14(21-2)15(16(9)20)13(19)7-10-3-5-11(17)6-4-10/h3-6,8,17-18,20H,7H2,1-2H3. The van der Waals surface area contributed by atoms with E-state index in [1.165, 1.54) is 32.2 Å². The van der Waals surface area contributed by atoms with Crippen LogP contribution in [0, 0.1) is 6.92 Å². The highest BCUT2D eigenvalue weighted by molar-refractivity contribution is 6.03. The Morgan fingerprint density at radius 3 is 2.33 bits per heavy atom. The molecule has 5 heteroatoms. The Hall–Kier alpha value is -2.69. The van der Waals surface area contributed by atoms with Gasteiger partial charge in [0.05, 0.1) is 7.11 Å². The normalized spacial score (nSPS) is 10.4. The van der Waals surface area contributed by atoms with Crippen molar-refractivity contribution in [2.45, 2.75) is 13.3 Å². The fourth-order valence-corrected chi connectivity index (χ4v) is 2.05. The van der Waals surface area contributed by atoms with Crippen LogP contribution in [0.4, 0.5) is 0 Å². The fraction of sp³-hybridized carbons (Fsp3) is 0.188. The van der Waals surface area contributed by atoms with Crippen molar-refractivity contribution < 1.29 is 24.9 Å². The number of methoxy groups -OCH3 is 1. The maximum absolute atomic E-state index is 12.4. The Bertz CT molecular complexity index is 674. The highest BCUT2D eigenvalue weighted by atomic mass is 16.5. The van der Waals surface area contributed by atoms with Crippen molar-refractivity contribution in [1.82, 2.24) is 0 Å². The van der Waals surface area contributed by atoms with Crippen LogP contribution in [-0.2, 0) is 6.42 Å². The van der Waals surface area contributed by atoms with Crippen LogP contribution in [0.3, 0.4) is 0 Å². The monoisotopic (exact) mass is 288 g/mol. The average molecular weight is 288 g/mol. The molecule has 0 aliphatic heterocycles. The Morgan fingerprint density at radius 2 is 1.76 bits per heavy atom. The predicted octanol–water partition coefficient (Wildman–Crippen LogP) is 2.55. The van der Waals surface area contributed by atoms with Crippen LogP contribution in [0.2, 0.25) is 0 Å². The van der Waals surface area contributed by atoms with Gasteiger partial charge in [0.15, 0.2) is 5.78 Å². The Kier molecular flexibility index (Phi) is 4.03. The summed E-state index contributed by atoms with van der Waals surface area (Å²) in [5.74, 6) is -0.509. The Balaban J connectivity index is 2.39. The van der Waals surface area contributed by atoms with Gasteiger partial charge in [-0.2, -0.15) is 0 Å². The third-order valence-electron chi connectivity index (χ3n) is 3.29. The van der Waals surface area contributed by atoms with Gasteiger partial charge in [0.2, 0.25) is 0 Å². The second-order valence-corrected chi connectivity index (χ2v) is 4.71. The van der Waals surface area contributed by atoms with E-state index in [0.717, 1.165) is 0 Å². The molecule has 2 aromatic rings. The summed E-state index contributed by atoms with van der Waals surface area (Å²) in [6.07, 6.45) is 0.0500. The van der Waals surface area contributed by atoms with E-state index in [-0.39, 0.29) is 46.3 Å². The second-order valence-electron chi connectivity index (χ2n) is 4.71. The summed E-state index contributed by atoms with van der Waals surface area (Å²) in [5, 5.41) is 29.0. The molecule has 0 aliphatic rings. The topological polar surface area (TPSA) is 87.0 Å². The molecule has 0 fully saturated rings. The van der Waals surface area contributed by atoms with Crippen LogP contribution in [0.5, 0.6) is 23.0 Å². The Morgan fingerprint density at radius 1 is 1.14 bits per heavy atom. The number of ether oxygens (including phenoxy) is 1. The number of aromatic hydroxyl groups is 3. The van der Waals surface area contributed by atoms with E-state index >= 15 is 0 Å². The molecule has 0 saturated heterocycles. The SMILES string of the molecule is COc1cc(O)c(C)c(O)c1C(=O)Cc1ccc(O)cc1. The van der Waals surface area contributed by atoms with Crippen molar-refractivity contribution in [2.24, 2.45) is 0 Å². The summed E-state index contributed by atoms with van der Waals surface area (Å²) in [6.45, 7) is 1.52. The van der Waals surface area contributed by atoms with Crippen molar-refractivity contribution in [2.75, 3.05) is 7.11 Å².